The third kappa shape index (κ3) is 7.74. The molecule has 2 rings (SSSR count). The molecule has 0 amide bonds. The van der Waals surface area contributed by atoms with Crippen molar-refractivity contribution in [1.82, 2.24) is 10.3 Å². The zero-order chi connectivity index (χ0) is 18.8. The van der Waals surface area contributed by atoms with E-state index < -0.39 is 5.92 Å². The van der Waals surface area contributed by atoms with E-state index >= 15 is 0 Å². The molecule has 152 valence electrons. The maximum absolute atomic E-state index is 12.6. The fraction of sp³-hybridized carbons (Fsp3) is 0.667. The quantitative estimate of drug-likeness (QED) is 0.349. The molecule has 1 aliphatic rings. The minimum Gasteiger partial charge on any atom is -0.465 e. The van der Waals surface area contributed by atoms with E-state index in [-0.39, 0.29) is 18.4 Å². The number of esters is 1. The van der Waals surface area contributed by atoms with Crippen LogP contribution in [0.25, 0.3) is 0 Å². The Morgan fingerprint density at radius 1 is 1.26 bits per heavy atom. The second-order valence-electron chi connectivity index (χ2n) is 7.31. The lowest BCUT2D eigenvalue weighted by atomic mass is 9.80. The minimum absolute atomic E-state index is 0. The number of unbranched alkanes of at least 4 members (excludes halogenated alkanes) is 2. The van der Waals surface area contributed by atoms with E-state index in [9.17, 15) is 4.79 Å². The summed E-state index contributed by atoms with van der Waals surface area (Å²) in [6.07, 6.45) is 11.9. The van der Waals surface area contributed by atoms with Crippen LogP contribution in [0.5, 0.6) is 0 Å². The van der Waals surface area contributed by atoms with Crippen molar-refractivity contribution in [2.45, 2.75) is 64.2 Å². The monoisotopic (exact) mass is 412 g/mol. The van der Waals surface area contributed by atoms with Crippen LogP contribution in [0.4, 0.5) is 0 Å². The summed E-state index contributed by atoms with van der Waals surface area (Å²) < 4.78 is 5.65. The van der Waals surface area contributed by atoms with E-state index in [4.69, 9.17) is 17.0 Å². The molecule has 1 fully saturated rings. The topological polar surface area (TPSA) is 51.2 Å². The lowest BCUT2D eigenvalue weighted by molar-refractivity contribution is -0.145. The second-order valence-corrected chi connectivity index (χ2v) is 7.75. The summed E-state index contributed by atoms with van der Waals surface area (Å²) in [6.45, 7) is 2.75. The molecule has 0 saturated heterocycles. The van der Waals surface area contributed by atoms with Crippen LogP contribution in [0.2, 0.25) is 0 Å². The number of rotatable bonds is 9. The first-order valence-electron chi connectivity index (χ1n) is 9.94. The highest BCUT2D eigenvalue weighted by molar-refractivity contribution is 7.80. The predicted molar refractivity (Wildman–Crippen MR) is 116 cm³/mol. The smallest absolute Gasteiger partial charge is 0.322 e. The molecule has 0 aliphatic heterocycles. The Morgan fingerprint density at radius 2 is 1.96 bits per heavy atom. The van der Waals surface area contributed by atoms with E-state index in [0.717, 1.165) is 18.8 Å². The first-order chi connectivity index (χ1) is 12.7. The van der Waals surface area contributed by atoms with Crippen LogP contribution in [0.1, 0.15) is 69.9 Å². The van der Waals surface area contributed by atoms with Crippen molar-refractivity contribution in [3.05, 3.63) is 30.1 Å². The average molecular weight is 413 g/mol. The lowest BCUT2D eigenvalue weighted by Crippen LogP contribution is -2.32. The van der Waals surface area contributed by atoms with Crippen LogP contribution in [-0.4, -0.2) is 29.6 Å². The number of carbonyl (C=O) groups excluding carboxylic acids is 1. The van der Waals surface area contributed by atoms with E-state index in [2.05, 4.69) is 17.2 Å². The SMILES string of the molecule is CCCCCC1CCC(COC(=O)C(C(=S)NC)c2ccccn2)CC1.Cl. The van der Waals surface area contributed by atoms with Gasteiger partial charge >= 0.3 is 5.97 Å². The molecule has 1 heterocycles. The molecule has 1 aliphatic carbocycles. The first-order valence-corrected chi connectivity index (χ1v) is 10.4. The highest BCUT2D eigenvalue weighted by atomic mass is 35.5. The number of aromatic nitrogens is 1. The molecule has 1 unspecified atom stereocenters. The number of ether oxygens (including phenoxy) is 1. The second kappa shape index (κ2) is 13.1. The number of likely N-dealkylation sites (N-methyl/N-ethyl adjacent to an activating group) is 1. The van der Waals surface area contributed by atoms with Crippen LogP contribution in [0, 0.1) is 11.8 Å². The Balaban J connectivity index is 0.00000364. The van der Waals surface area contributed by atoms with Crippen molar-refractivity contribution in [2.75, 3.05) is 13.7 Å². The molecular formula is C21H33ClN2O2S. The van der Waals surface area contributed by atoms with Gasteiger partial charge in [0, 0.05) is 13.2 Å². The van der Waals surface area contributed by atoms with Gasteiger partial charge < -0.3 is 10.1 Å². The van der Waals surface area contributed by atoms with Crippen molar-refractivity contribution >= 4 is 35.6 Å². The number of thiocarbonyl (C=S) groups is 1. The third-order valence-electron chi connectivity index (χ3n) is 5.37. The van der Waals surface area contributed by atoms with Gasteiger partial charge in [-0.2, -0.15) is 0 Å². The molecular weight excluding hydrogens is 380 g/mol. The molecule has 4 nitrogen and oxygen atoms in total. The van der Waals surface area contributed by atoms with Gasteiger partial charge in [-0.1, -0.05) is 63.7 Å². The third-order valence-corrected chi connectivity index (χ3v) is 5.81. The highest BCUT2D eigenvalue weighted by Crippen LogP contribution is 2.32. The number of nitrogens with zero attached hydrogens (tertiary/aromatic N) is 1. The van der Waals surface area contributed by atoms with E-state index in [0.29, 0.717) is 23.2 Å². The van der Waals surface area contributed by atoms with Crippen LogP contribution in [-0.2, 0) is 9.53 Å². The Bertz CT molecular complexity index is 563. The predicted octanol–water partition coefficient (Wildman–Crippen LogP) is 5.06. The number of hydrogen-bond donors (Lipinski definition) is 1. The van der Waals surface area contributed by atoms with Crippen LogP contribution in [0.15, 0.2) is 24.4 Å². The van der Waals surface area contributed by atoms with Crippen molar-refractivity contribution in [3.63, 3.8) is 0 Å². The summed E-state index contributed by atoms with van der Waals surface area (Å²) in [6, 6.07) is 5.51. The lowest BCUT2D eigenvalue weighted by Gasteiger charge is -2.28. The zero-order valence-electron chi connectivity index (χ0n) is 16.5. The molecule has 0 aromatic carbocycles. The van der Waals surface area contributed by atoms with Crippen LogP contribution >= 0.6 is 24.6 Å². The summed E-state index contributed by atoms with van der Waals surface area (Å²) in [5.41, 5.74) is 0.636. The summed E-state index contributed by atoms with van der Waals surface area (Å²) in [7, 11) is 1.73. The average Bonchev–Trinajstić information content (AvgIpc) is 2.68. The van der Waals surface area contributed by atoms with Gasteiger partial charge in [0.25, 0.3) is 0 Å². The normalized spacial score (nSPS) is 20.2. The molecule has 1 atom stereocenters. The Morgan fingerprint density at radius 3 is 2.56 bits per heavy atom. The zero-order valence-corrected chi connectivity index (χ0v) is 18.1. The van der Waals surface area contributed by atoms with Crippen LogP contribution < -0.4 is 5.32 Å². The number of nitrogens with one attached hydrogen (secondary N) is 1. The van der Waals surface area contributed by atoms with E-state index in [1.165, 1.54) is 38.5 Å². The minimum atomic E-state index is -0.624. The molecule has 1 saturated carbocycles. The number of hydrogen-bond acceptors (Lipinski definition) is 4. The standard InChI is InChI=1S/C21H32N2O2S.ClH/c1-3-4-5-8-16-10-12-17(13-11-16)15-25-21(24)19(20(26)22-2)18-9-6-7-14-23-18;/h6-7,9,14,16-17,19H,3-5,8,10-13,15H2,1-2H3,(H,22,26);1H. The van der Waals surface area contributed by atoms with Gasteiger partial charge in [0.05, 0.1) is 17.3 Å². The van der Waals surface area contributed by atoms with Crippen molar-refractivity contribution in [2.24, 2.45) is 11.8 Å². The summed E-state index contributed by atoms with van der Waals surface area (Å²) >= 11 is 5.32. The summed E-state index contributed by atoms with van der Waals surface area (Å²) in [4.78, 5) is 17.4. The number of carbonyl (C=O) groups is 1. The Kier molecular flexibility index (Phi) is 11.5. The largest absolute Gasteiger partial charge is 0.465 e. The number of pyridine rings is 1. The number of halogens is 1. The van der Waals surface area contributed by atoms with Gasteiger partial charge in [-0.05, 0) is 36.8 Å². The molecule has 6 heteroatoms. The van der Waals surface area contributed by atoms with Crippen LogP contribution in [0.3, 0.4) is 0 Å². The fourth-order valence-electron chi connectivity index (χ4n) is 3.71. The molecule has 1 N–H and O–H groups in total. The van der Waals surface area contributed by atoms with Crippen molar-refractivity contribution in [3.8, 4) is 0 Å². The molecule has 1 aromatic heterocycles. The van der Waals surface area contributed by atoms with Gasteiger partial charge in [-0.25, -0.2) is 0 Å². The fourth-order valence-corrected chi connectivity index (χ4v) is 3.92. The van der Waals surface area contributed by atoms with Gasteiger partial charge in [-0.3, -0.25) is 9.78 Å². The molecule has 0 radical (unpaired) electrons. The van der Waals surface area contributed by atoms with Gasteiger partial charge in [0.15, 0.2) is 0 Å². The van der Waals surface area contributed by atoms with Crippen molar-refractivity contribution in [1.29, 1.82) is 0 Å². The molecule has 27 heavy (non-hydrogen) atoms. The summed E-state index contributed by atoms with van der Waals surface area (Å²) in [5, 5.41) is 2.90. The van der Waals surface area contributed by atoms with Crippen molar-refractivity contribution < 1.29 is 9.53 Å². The van der Waals surface area contributed by atoms with Gasteiger partial charge in [0.1, 0.15) is 5.92 Å². The van der Waals surface area contributed by atoms with Gasteiger partial charge in [-0.15, -0.1) is 12.4 Å². The van der Waals surface area contributed by atoms with E-state index in [1.54, 1.807) is 13.2 Å². The Labute approximate surface area is 175 Å². The molecule has 1 aromatic rings. The highest BCUT2D eigenvalue weighted by Gasteiger charge is 2.29. The Hall–Kier alpha value is -1.20. The van der Waals surface area contributed by atoms with E-state index in [1.807, 2.05) is 18.2 Å². The maximum atomic E-state index is 12.6. The molecule has 0 bridgehead atoms. The molecule has 0 spiro atoms. The summed E-state index contributed by atoms with van der Waals surface area (Å²) in [5.74, 6) is 0.426. The first kappa shape index (κ1) is 23.8. The maximum Gasteiger partial charge on any atom is 0.322 e. The van der Waals surface area contributed by atoms with Gasteiger partial charge in [0.2, 0.25) is 0 Å².